The Morgan fingerprint density at radius 1 is 1.37 bits per heavy atom. The van der Waals surface area contributed by atoms with Gasteiger partial charge in [0.1, 0.15) is 5.69 Å². The molecule has 6 nitrogen and oxygen atoms in total. The summed E-state index contributed by atoms with van der Waals surface area (Å²) in [6.07, 6.45) is 4.95. The highest BCUT2D eigenvalue weighted by Crippen LogP contribution is 2.44. The lowest BCUT2D eigenvalue weighted by Gasteiger charge is -2.22. The van der Waals surface area contributed by atoms with Gasteiger partial charge in [-0.15, -0.1) is 0 Å². The maximum absolute atomic E-state index is 12.2. The van der Waals surface area contributed by atoms with E-state index in [0.29, 0.717) is 17.7 Å². The molecule has 2 fully saturated rings. The van der Waals surface area contributed by atoms with E-state index in [-0.39, 0.29) is 11.9 Å². The molecule has 1 aromatic heterocycles. The van der Waals surface area contributed by atoms with Crippen LogP contribution in [0.4, 0.5) is 5.95 Å². The number of carbonyl (C=O) groups is 1. The molecule has 2 aliphatic rings. The summed E-state index contributed by atoms with van der Waals surface area (Å²) in [5, 5.41) is 3.11. The zero-order valence-corrected chi connectivity index (χ0v) is 11.0. The number of nitrogen functional groups attached to an aromatic ring is 1. The average molecular weight is 261 g/mol. The molecule has 3 atom stereocenters. The van der Waals surface area contributed by atoms with Crippen LogP contribution in [0, 0.1) is 18.8 Å². The van der Waals surface area contributed by atoms with Gasteiger partial charge in [0.25, 0.3) is 5.91 Å². The molecule has 0 saturated heterocycles. The van der Waals surface area contributed by atoms with Crippen LogP contribution >= 0.6 is 0 Å². The molecule has 1 amide bonds. The highest BCUT2D eigenvalue weighted by molar-refractivity contribution is 5.92. The molecule has 0 aliphatic heterocycles. The molecule has 0 radical (unpaired) electrons. The lowest BCUT2D eigenvalue weighted by Crippen LogP contribution is -2.39. The Morgan fingerprint density at radius 2 is 2.21 bits per heavy atom. The van der Waals surface area contributed by atoms with Crippen molar-refractivity contribution in [3.8, 4) is 0 Å². The number of hydrazine groups is 1. The predicted octanol–water partition coefficient (Wildman–Crippen LogP) is 0.989. The summed E-state index contributed by atoms with van der Waals surface area (Å²) in [6, 6.07) is 2.00. The van der Waals surface area contributed by atoms with E-state index < -0.39 is 0 Å². The molecule has 2 bridgehead atoms. The molecule has 102 valence electrons. The van der Waals surface area contributed by atoms with Gasteiger partial charge in [-0.3, -0.25) is 10.2 Å². The number of hydrogen-bond donors (Lipinski definition) is 3. The standard InChI is InChI=1S/C13H19N5O/c1-7-4-11(17-13(15-7)18-14)12(19)16-10-6-8-2-3-9(10)5-8/h4,8-10H,2-3,5-6,14H2,1H3,(H,16,19)(H,15,17,18). The Balaban J connectivity index is 1.72. The number of aryl methyl sites for hydroxylation is 1. The molecule has 4 N–H and O–H groups in total. The number of fused-ring (bicyclic) bond motifs is 2. The highest BCUT2D eigenvalue weighted by atomic mass is 16.2. The number of rotatable bonds is 3. The summed E-state index contributed by atoms with van der Waals surface area (Å²) < 4.78 is 0. The zero-order valence-electron chi connectivity index (χ0n) is 11.0. The molecular weight excluding hydrogens is 242 g/mol. The van der Waals surface area contributed by atoms with Crippen molar-refractivity contribution >= 4 is 11.9 Å². The predicted molar refractivity (Wildman–Crippen MR) is 71.3 cm³/mol. The molecule has 2 saturated carbocycles. The van der Waals surface area contributed by atoms with Crippen molar-refractivity contribution in [3.05, 3.63) is 17.5 Å². The highest BCUT2D eigenvalue weighted by Gasteiger charge is 2.40. The minimum atomic E-state index is -0.125. The van der Waals surface area contributed by atoms with Gasteiger partial charge in [-0.25, -0.2) is 15.8 Å². The van der Waals surface area contributed by atoms with Gasteiger partial charge in [0.05, 0.1) is 0 Å². The van der Waals surface area contributed by atoms with Crippen molar-refractivity contribution in [2.24, 2.45) is 17.7 Å². The number of nitrogens with two attached hydrogens (primary N) is 1. The Kier molecular flexibility index (Phi) is 3.10. The number of anilines is 1. The van der Waals surface area contributed by atoms with E-state index in [4.69, 9.17) is 5.84 Å². The zero-order chi connectivity index (χ0) is 13.4. The van der Waals surface area contributed by atoms with E-state index in [0.717, 1.165) is 18.0 Å². The molecule has 19 heavy (non-hydrogen) atoms. The summed E-state index contributed by atoms with van der Waals surface area (Å²) in [6.45, 7) is 1.82. The molecule has 6 heteroatoms. The monoisotopic (exact) mass is 261 g/mol. The fourth-order valence-corrected chi connectivity index (χ4v) is 3.41. The van der Waals surface area contributed by atoms with Crippen LogP contribution in [-0.4, -0.2) is 21.9 Å². The van der Waals surface area contributed by atoms with Gasteiger partial charge in [0.15, 0.2) is 0 Å². The first-order valence-electron chi connectivity index (χ1n) is 6.79. The third-order valence-corrected chi connectivity index (χ3v) is 4.27. The molecule has 0 spiro atoms. The first-order valence-corrected chi connectivity index (χ1v) is 6.79. The molecule has 3 rings (SSSR count). The van der Waals surface area contributed by atoms with Crippen molar-refractivity contribution in [3.63, 3.8) is 0 Å². The number of nitrogens with zero attached hydrogens (tertiary/aromatic N) is 2. The molecule has 1 aromatic rings. The first-order chi connectivity index (χ1) is 9.15. The second-order valence-corrected chi connectivity index (χ2v) is 5.62. The summed E-state index contributed by atoms with van der Waals surface area (Å²) in [5.41, 5.74) is 3.48. The Labute approximate surface area is 112 Å². The number of nitrogens with one attached hydrogen (secondary N) is 2. The third-order valence-electron chi connectivity index (χ3n) is 4.27. The minimum Gasteiger partial charge on any atom is -0.348 e. The molecular formula is C13H19N5O. The lowest BCUT2D eigenvalue weighted by molar-refractivity contribution is 0.0917. The molecule has 1 heterocycles. The van der Waals surface area contributed by atoms with Crippen molar-refractivity contribution in [2.75, 3.05) is 5.43 Å². The van der Waals surface area contributed by atoms with Crippen LogP contribution in [0.3, 0.4) is 0 Å². The van der Waals surface area contributed by atoms with Gasteiger partial charge in [-0.1, -0.05) is 6.42 Å². The van der Waals surface area contributed by atoms with Crippen LogP contribution in [-0.2, 0) is 0 Å². The largest absolute Gasteiger partial charge is 0.348 e. The summed E-state index contributed by atoms with van der Waals surface area (Å²) >= 11 is 0. The quantitative estimate of drug-likeness (QED) is 0.557. The summed E-state index contributed by atoms with van der Waals surface area (Å²) in [4.78, 5) is 20.4. The van der Waals surface area contributed by atoms with Crippen molar-refractivity contribution in [1.29, 1.82) is 0 Å². The Morgan fingerprint density at radius 3 is 2.84 bits per heavy atom. The van der Waals surface area contributed by atoms with Crippen LogP contribution in [0.25, 0.3) is 0 Å². The van der Waals surface area contributed by atoms with E-state index in [2.05, 4.69) is 20.7 Å². The van der Waals surface area contributed by atoms with Crippen LogP contribution in [0.1, 0.15) is 41.9 Å². The number of hydrogen-bond acceptors (Lipinski definition) is 5. The van der Waals surface area contributed by atoms with Crippen molar-refractivity contribution in [1.82, 2.24) is 15.3 Å². The van der Waals surface area contributed by atoms with E-state index in [1.165, 1.54) is 19.3 Å². The van der Waals surface area contributed by atoms with Crippen molar-refractivity contribution < 1.29 is 4.79 Å². The Bertz CT molecular complexity index is 504. The average Bonchev–Trinajstić information content (AvgIpc) is 3.00. The number of amides is 1. The fraction of sp³-hybridized carbons (Fsp3) is 0.615. The van der Waals surface area contributed by atoms with Gasteiger partial charge in [0.2, 0.25) is 5.95 Å². The molecule has 3 unspecified atom stereocenters. The minimum absolute atomic E-state index is 0.125. The van der Waals surface area contributed by atoms with Crippen molar-refractivity contribution in [2.45, 2.75) is 38.6 Å². The summed E-state index contributed by atoms with van der Waals surface area (Å²) in [5.74, 6) is 6.91. The van der Waals surface area contributed by atoms with Gasteiger partial charge >= 0.3 is 0 Å². The maximum Gasteiger partial charge on any atom is 0.270 e. The molecule has 2 aliphatic carbocycles. The SMILES string of the molecule is Cc1cc(C(=O)NC2CC3CCC2C3)nc(NN)n1. The fourth-order valence-electron chi connectivity index (χ4n) is 3.41. The van der Waals surface area contributed by atoms with E-state index in [1.54, 1.807) is 6.07 Å². The first kappa shape index (κ1) is 12.3. The normalized spacial score (nSPS) is 28.4. The summed E-state index contributed by atoms with van der Waals surface area (Å²) in [7, 11) is 0. The molecule has 0 aromatic carbocycles. The third kappa shape index (κ3) is 2.40. The van der Waals surface area contributed by atoms with Crippen LogP contribution in [0.15, 0.2) is 6.07 Å². The maximum atomic E-state index is 12.2. The van der Waals surface area contributed by atoms with Crippen LogP contribution < -0.4 is 16.6 Å². The topological polar surface area (TPSA) is 92.9 Å². The van der Waals surface area contributed by atoms with Crippen LogP contribution in [0.5, 0.6) is 0 Å². The smallest absolute Gasteiger partial charge is 0.270 e. The number of carbonyl (C=O) groups excluding carboxylic acids is 1. The van der Waals surface area contributed by atoms with E-state index >= 15 is 0 Å². The van der Waals surface area contributed by atoms with Gasteiger partial charge < -0.3 is 5.32 Å². The Hall–Kier alpha value is -1.69. The van der Waals surface area contributed by atoms with Crippen LogP contribution in [0.2, 0.25) is 0 Å². The second-order valence-electron chi connectivity index (χ2n) is 5.62. The van der Waals surface area contributed by atoms with E-state index in [9.17, 15) is 4.79 Å². The lowest BCUT2D eigenvalue weighted by atomic mass is 9.95. The van der Waals surface area contributed by atoms with Gasteiger partial charge in [0, 0.05) is 11.7 Å². The van der Waals surface area contributed by atoms with E-state index in [1.807, 2.05) is 6.92 Å². The second kappa shape index (κ2) is 4.77. The van der Waals surface area contributed by atoms with Gasteiger partial charge in [-0.2, -0.15) is 0 Å². The number of aromatic nitrogens is 2. The van der Waals surface area contributed by atoms with Gasteiger partial charge in [-0.05, 0) is 44.1 Å².